The molecular formula is C6H11O5. The van der Waals surface area contributed by atoms with Gasteiger partial charge < -0.3 is 25.2 Å². The maximum Gasteiger partial charge on any atom is 0.115 e. The molecule has 0 aromatic carbocycles. The van der Waals surface area contributed by atoms with E-state index in [4.69, 9.17) is 25.2 Å². The first-order chi connectivity index (χ1) is 5.16. The molecule has 11 heavy (non-hydrogen) atoms. The van der Waals surface area contributed by atoms with Crippen LogP contribution < -0.4 is 0 Å². The molecule has 0 bridgehead atoms. The lowest BCUT2D eigenvalue weighted by atomic mass is 10.1. The van der Waals surface area contributed by atoms with Crippen LogP contribution in [0.3, 0.4) is 0 Å². The quantitative estimate of drug-likeness (QED) is 0.365. The van der Waals surface area contributed by atoms with E-state index in [0.29, 0.717) is 0 Å². The summed E-state index contributed by atoms with van der Waals surface area (Å²) in [6.07, 6.45) is -4.31. The SMILES string of the molecule is OC[C@@H](O)[C@H]1O[CH][C@@H](O)[C@@H]1O. The molecule has 0 amide bonds. The Kier molecular flexibility index (Phi) is 2.80. The predicted molar refractivity (Wildman–Crippen MR) is 34.3 cm³/mol. The molecule has 1 heterocycles. The molecule has 0 unspecified atom stereocenters. The van der Waals surface area contributed by atoms with Crippen molar-refractivity contribution in [1.82, 2.24) is 0 Å². The van der Waals surface area contributed by atoms with E-state index in [2.05, 4.69) is 0 Å². The van der Waals surface area contributed by atoms with Gasteiger partial charge in [-0.15, -0.1) is 0 Å². The van der Waals surface area contributed by atoms with Gasteiger partial charge in [-0.2, -0.15) is 0 Å². The molecule has 1 aliphatic rings. The van der Waals surface area contributed by atoms with Crippen LogP contribution in [0, 0.1) is 6.61 Å². The van der Waals surface area contributed by atoms with Crippen LogP contribution in [0.1, 0.15) is 0 Å². The molecular weight excluding hydrogens is 152 g/mol. The highest BCUT2D eigenvalue weighted by Crippen LogP contribution is 2.20. The van der Waals surface area contributed by atoms with E-state index in [1.807, 2.05) is 0 Å². The largest absolute Gasteiger partial charge is 0.394 e. The highest BCUT2D eigenvalue weighted by atomic mass is 16.5. The number of rotatable bonds is 2. The molecule has 1 saturated heterocycles. The van der Waals surface area contributed by atoms with Gasteiger partial charge in [0.05, 0.1) is 6.61 Å². The lowest BCUT2D eigenvalue weighted by molar-refractivity contribution is -0.0636. The van der Waals surface area contributed by atoms with Crippen LogP contribution in [0.5, 0.6) is 0 Å². The fraction of sp³-hybridized carbons (Fsp3) is 0.833. The van der Waals surface area contributed by atoms with E-state index in [1.165, 1.54) is 0 Å². The summed E-state index contributed by atoms with van der Waals surface area (Å²) in [6, 6.07) is 0. The van der Waals surface area contributed by atoms with Crippen LogP contribution in [0.25, 0.3) is 0 Å². The second-order valence-electron chi connectivity index (χ2n) is 2.47. The van der Waals surface area contributed by atoms with E-state index in [9.17, 15) is 0 Å². The minimum atomic E-state index is -1.16. The van der Waals surface area contributed by atoms with Crippen LogP contribution in [-0.2, 0) is 4.74 Å². The summed E-state index contributed by atoms with van der Waals surface area (Å²) in [5, 5.41) is 35.4. The van der Waals surface area contributed by atoms with Crippen LogP contribution in [0.2, 0.25) is 0 Å². The summed E-state index contributed by atoms with van der Waals surface area (Å²) in [6.45, 7) is 0.538. The molecule has 1 radical (unpaired) electrons. The van der Waals surface area contributed by atoms with Gasteiger partial charge in [0.1, 0.15) is 31.0 Å². The monoisotopic (exact) mass is 163 g/mol. The molecule has 0 aromatic heterocycles. The van der Waals surface area contributed by atoms with Crippen molar-refractivity contribution in [3.63, 3.8) is 0 Å². The van der Waals surface area contributed by atoms with Crippen LogP contribution in [0.4, 0.5) is 0 Å². The Morgan fingerprint density at radius 3 is 2.45 bits per heavy atom. The highest BCUT2D eigenvalue weighted by Gasteiger charge is 2.39. The maximum absolute atomic E-state index is 9.08. The Morgan fingerprint density at radius 2 is 2.09 bits per heavy atom. The first kappa shape index (κ1) is 8.89. The van der Waals surface area contributed by atoms with Crippen molar-refractivity contribution < 1.29 is 25.2 Å². The van der Waals surface area contributed by atoms with Crippen LogP contribution in [-0.4, -0.2) is 51.4 Å². The van der Waals surface area contributed by atoms with Crippen molar-refractivity contribution in [3.05, 3.63) is 6.61 Å². The smallest absolute Gasteiger partial charge is 0.115 e. The van der Waals surface area contributed by atoms with Crippen molar-refractivity contribution >= 4 is 0 Å². The van der Waals surface area contributed by atoms with E-state index in [0.717, 1.165) is 6.61 Å². The fourth-order valence-corrected chi connectivity index (χ4v) is 0.949. The molecule has 0 aromatic rings. The first-order valence-corrected chi connectivity index (χ1v) is 3.30. The number of ether oxygens (including phenoxy) is 1. The normalized spacial score (nSPS) is 40.9. The zero-order valence-corrected chi connectivity index (χ0v) is 5.79. The molecule has 65 valence electrons. The standard InChI is InChI=1S/C6H11O5/c7-1-3(8)6-5(10)4(9)2-11-6/h2-10H,1H2/t3-,4-,5+,6-/m1/s1. The van der Waals surface area contributed by atoms with Crippen LogP contribution >= 0.6 is 0 Å². The zero-order chi connectivity index (χ0) is 8.43. The lowest BCUT2D eigenvalue weighted by Gasteiger charge is -2.18. The van der Waals surface area contributed by atoms with Gasteiger partial charge in [0.15, 0.2) is 0 Å². The second-order valence-corrected chi connectivity index (χ2v) is 2.47. The van der Waals surface area contributed by atoms with Gasteiger partial charge >= 0.3 is 0 Å². The molecule has 4 atom stereocenters. The molecule has 4 N–H and O–H groups in total. The minimum Gasteiger partial charge on any atom is -0.394 e. The van der Waals surface area contributed by atoms with E-state index in [1.54, 1.807) is 0 Å². The lowest BCUT2D eigenvalue weighted by Crippen LogP contribution is -2.40. The predicted octanol–water partition coefficient (Wildman–Crippen LogP) is -2.38. The average Bonchev–Trinajstić information content (AvgIpc) is 2.32. The Morgan fingerprint density at radius 1 is 1.45 bits per heavy atom. The summed E-state index contributed by atoms with van der Waals surface area (Å²) >= 11 is 0. The van der Waals surface area contributed by atoms with Crippen molar-refractivity contribution in [2.45, 2.75) is 24.4 Å². The van der Waals surface area contributed by atoms with Gasteiger partial charge in [0.25, 0.3) is 0 Å². The van der Waals surface area contributed by atoms with E-state index >= 15 is 0 Å². The van der Waals surface area contributed by atoms with E-state index in [-0.39, 0.29) is 0 Å². The van der Waals surface area contributed by atoms with Crippen LogP contribution in [0.15, 0.2) is 0 Å². The van der Waals surface area contributed by atoms with Gasteiger partial charge in [0, 0.05) is 0 Å². The third-order valence-corrected chi connectivity index (χ3v) is 1.63. The summed E-state index contributed by atoms with van der Waals surface area (Å²) in [5.74, 6) is 0. The molecule has 0 saturated carbocycles. The Bertz CT molecular complexity index is 128. The topological polar surface area (TPSA) is 90.2 Å². The third-order valence-electron chi connectivity index (χ3n) is 1.63. The Labute approximate surface area is 63.8 Å². The van der Waals surface area contributed by atoms with Crippen molar-refractivity contribution in [2.75, 3.05) is 6.61 Å². The van der Waals surface area contributed by atoms with Gasteiger partial charge in [-0.05, 0) is 0 Å². The van der Waals surface area contributed by atoms with Crippen molar-refractivity contribution in [1.29, 1.82) is 0 Å². The fourth-order valence-electron chi connectivity index (χ4n) is 0.949. The van der Waals surface area contributed by atoms with Gasteiger partial charge in [-0.3, -0.25) is 0 Å². The van der Waals surface area contributed by atoms with Gasteiger partial charge in [0.2, 0.25) is 0 Å². The molecule has 5 nitrogen and oxygen atoms in total. The highest BCUT2D eigenvalue weighted by molar-refractivity contribution is 4.93. The third kappa shape index (κ3) is 1.69. The molecule has 1 fully saturated rings. The number of aliphatic hydroxyl groups excluding tert-OH is 4. The van der Waals surface area contributed by atoms with Gasteiger partial charge in [-0.25, -0.2) is 0 Å². The molecule has 1 rings (SSSR count). The average molecular weight is 163 g/mol. The van der Waals surface area contributed by atoms with Crippen molar-refractivity contribution in [3.8, 4) is 0 Å². The maximum atomic E-state index is 9.08. The number of hydrogen-bond acceptors (Lipinski definition) is 5. The molecule has 0 aliphatic carbocycles. The Hall–Kier alpha value is -0.200. The van der Waals surface area contributed by atoms with Gasteiger partial charge in [-0.1, -0.05) is 0 Å². The zero-order valence-electron chi connectivity index (χ0n) is 5.79. The molecule has 0 spiro atoms. The van der Waals surface area contributed by atoms with Crippen molar-refractivity contribution in [2.24, 2.45) is 0 Å². The first-order valence-electron chi connectivity index (χ1n) is 3.30. The van der Waals surface area contributed by atoms with E-state index < -0.39 is 31.0 Å². The summed E-state index contributed by atoms with van der Waals surface area (Å²) in [4.78, 5) is 0. The summed E-state index contributed by atoms with van der Waals surface area (Å²) in [7, 11) is 0. The Balaban J connectivity index is 2.47. The molecule has 5 heteroatoms. The second kappa shape index (κ2) is 3.46. The molecule has 1 aliphatic heterocycles. The summed E-state index contributed by atoms with van der Waals surface area (Å²) < 4.78 is 4.70. The summed E-state index contributed by atoms with van der Waals surface area (Å²) in [5.41, 5.74) is 0. The number of aliphatic hydroxyl groups is 4. The minimum absolute atomic E-state index is 0.498. The number of hydrogen-bond donors (Lipinski definition) is 4.